The third kappa shape index (κ3) is 3.49. The van der Waals surface area contributed by atoms with Crippen molar-refractivity contribution in [1.82, 2.24) is 10.3 Å². The molecule has 1 amide bonds. The molecule has 1 aliphatic rings. The summed E-state index contributed by atoms with van der Waals surface area (Å²) in [6.07, 6.45) is 2.34. The first-order valence-electron chi connectivity index (χ1n) is 6.34. The highest BCUT2D eigenvalue weighted by Crippen LogP contribution is 2.16. The van der Waals surface area contributed by atoms with E-state index in [0.29, 0.717) is 12.7 Å². The van der Waals surface area contributed by atoms with Gasteiger partial charge in [0, 0.05) is 19.8 Å². The molecule has 2 atom stereocenters. The molecule has 0 spiro atoms. The Bertz CT molecular complexity index is 479. The van der Waals surface area contributed by atoms with E-state index in [1.165, 1.54) is 7.11 Å². The maximum Gasteiger partial charge on any atom is 0.273 e. The zero-order chi connectivity index (χ0) is 14.5. The summed E-state index contributed by atoms with van der Waals surface area (Å²) in [6, 6.07) is 0.237. The van der Waals surface area contributed by atoms with Crippen LogP contribution >= 0.6 is 0 Å². The summed E-state index contributed by atoms with van der Waals surface area (Å²) in [5, 5.41) is 2.62. The Kier molecular flexibility index (Phi) is 4.97. The molecule has 0 radical (unpaired) electrons. The molecule has 7 heteroatoms. The molecule has 0 saturated carbocycles. The van der Waals surface area contributed by atoms with Crippen molar-refractivity contribution >= 4 is 5.91 Å². The Morgan fingerprint density at radius 2 is 2.45 bits per heavy atom. The van der Waals surface area contributed by atoms with Crippen molar-refractivity contribution in [2.75, 3.05) is 20.3 Å². The Hall–Kier alpha value is -1.60. The smallest absolute Gasteiger partial charge is 0.273 e. The summed E-state index contributed by atoms with van der Waals surface area (Å²) in [6.45, 7) is 0.878. The van der Waals surface area contributed by atoms with Crippen molar-refractivity contribution in [3.63, 3.8) is 0 Å². The van der Waals surface area contributed by atoms with Crippen LogP contribution in [0.3, 0.4) is 0 Å². The molecule has 1 saturated heterocycles. The molecule has 0 aliphatic carbocycles. The average Bonchev–Trinajstić information content (AvgIpc) is 2.91. The van der Waals surface area contributed by atoms with E-state index in [2.05, 4.69) is 10.3 Å². The van der Waals surface area contributed by atoms with Crippen molar-refractivity contribution in [2.24, 2.45) is 0 Å². The van der Waals surface area contributed by atoms with Crippen LogP contribution in [0.4, 0.5) is 8.78 Å². The molecule has 1 aliphatic heterocycles. The molecule has 5 nitrogen and oxygen atoms in total. The van der Waals surface area contributed by atoms with Gasteiger partial charge in [0.25, 0.3) is 5.91 Å². The van der Waals surface area contributed by atoms with Gasteiger partial charge in [-0.25, -0.2) is 13.8 Å². The fourth-order valence-electron chi connectivity index (χ4n) is 2.16. The van der Waals surface area contributed by atoms with Gasteiger partial charge in [-0.05, 0) is 12.8 Å². The van der Waals surface area contributed by atoms with Crippen LogP contribution in [0.2, 0.25) is 0 Å². The lowest BCUT2D eigenvalue weighted by atomic mass is 10.1. The van der Waals surface area contributed by atoms with E-state index in [4.69, 9.17) is 9.47 Å². The fraction of sp³-hybridized carbons (Fsp3) is 0.538. The molecule has 2 rings (SSSR count). The number of hydrogen-bond donors (Lipinski definition) is 1. The molecule has 1 aromatic heterocycles. The van der Waals surface area contributed by atoms with Gasteiger partial charge in [0.05, 0.1) is 24.9 Å². The van der Waals surface area contributed by atoms with Crippen molar-refractivity contribution in [1.29, 1.82) is 0 Å². The lowest BCUT2D eigenvalue weighted by Crippen LogP contribution is -2.46. The van der Waals surface area contributed by atoms with Crippen molar-refractivity contribution < 1.29 is 23.0 Å². The van der Waals surface area contributed by atoms with Gasteiger partial charge in [-0.3, -0.25) is 4.79 Å². The third-order valence-electron chi connectivity index (χ3n) is 3.10. The van der Waals surface area contributed by atoms with E-state index in [1.807, 2.05) is 0 Å². The van der Waals surface area contributed by atoms with Gasteiger partial charge in [0.15, 0.2) is 11.5 Å². The van der Waals surface area contributed by atoms with E-state index in [-0.39, 0.29) is 18.8 Å². The summed E-state index contributed by atoms with van der Waals surface area (Å²) in [7, 11) is 1.50. The average molecular weight is 286 g/mol. The number of halogens is 2. The van der Waals surface area contributed by atoms with Crippen LogP contribution in [0, 0.1) is 11.6 Å². The molecular weight excluding hydrogens is 270 g/mol. The molecular formula is C13H16F2N2O3. The first-order chi connectivity index (χ1) is 9.61. The van der Waals surface area contributed by atoms with Crippen LogP contribution in [-0.2, 0) is 9.47 Å². The number of pyridine rings is 1. The summed E-state index contributed by atoms with van der Waals surface area (Å²) in [5.74, 6) is -2.53. The predicted molar refractivity (Wildman–Crippen MR) is 66.3 cm³/mol. The SMILES string of the molecule is COCC(NC(=O)c1ncc(F)cc1F)C1CCCO1. The standard InChI is InChI=1S/C13H16F2N2O3/c1-19-7-10(11-3-2-4-20-11)17-13(18)12-9(15)5-8(14)6-16-12/h5-6,10-11H,2-4,7H2,1H3,(H,17,18). The molecule has 110 valence electrons. The molecule has 1 N–H and O–H groups in total. The van der Waals surface area contributed by atoms with Gasteiger partial charge < -0.3 is 14.8 Å². The van der Waals surface area contributed by atoms with Crippen LogP contribution in [0.15, 0.2) is 12.3 Å². The second kappa shape index (κ2) is 6.71. The summed E-state index contributed by atoms with van der Waals surface area (Å²) < 4.78 is 36.8. The molecule has 0 aromatic carbocycles. The Labute approximate surface area is 115 Å². The van der Waals surface area contributed by atoms with Crippen LogP contribution in [0.25, 0.3) is 0 Å². The van der Waals surface area contributed by atoms with Crippen LogP contribution in [0.1, 0.15) is 23.3 Å². The Morgan fingerprint density at radius 3 is 3.05 bits per heavy atom. The number of carbonyl (C=O) groups is 1. The molecule has 1 aromatic rings. The maximum absolute atomic E-state index is 13.5. The fourth-order valence-corrected chi connectivity index (χ4v) is 2.16. The quantitative estimate of drug-likeness (QED) is 0.886. The zero-order valence-electron chi connectivity index (χ0n) is 11.1. The number of aromatic nitrogens is 1. The van der Waals surface area contributed by atoms with Crippen LogP contribution in [-0.4, -0.2) is 43.4 Å². The lowest BCUT2D eigenvalue weighted by Gasteiger charge is -2.23. The third-order valence-corrected chi connectivity index (χ3v) is 3.10. The zero-order valence-corrected chi connectivity index (χ0v) is 11.1. The topological polar surface area (TPSA) is 60.5 Å². The summed E-state index contributed by atoms with van der Waals surface area (Å²) >= 11 is 0. The highest BCUT2D eigenvalue weighted by atomic mass is 19.1. The minimum absolute atomic E-state index is 0.164. The number of hydrogen-bond acceptors (Lipinski definition) is 4. The monoisotopic (exact) mass is 286 g/mol. The number of carbonyl (C=O) groups excluding carboxylic acids is 1. The highest BCUT2D eigenvalue weighted by molar-refractivity contribution is 5.92. The summed E-state index contributed by atoms with van der Waals surface area (Å²) in [5.41, 5.74) is -0.439. The van der Waals surface area contributed by atoms with E-state index < -0.39 is 23.2 Å². The lowest BCUT2D eigenvalue weighted by molar-refractivity contribution is 0.0401. The minimum atomic E-state index is -0.994. The number of rotatable bonds is 5. The van der Waals surface area contributed by atoms with Gasteiger partial charge in [0.2, 0.25) is 0 Å². The van der Waals surface area contributed by atoms with Gasteiger partial charge in [-0.15, -0.1) is 0 Å². The maximum atomic E-state index is 13.5. The van der Waals surface area contributed by atoms with E-state index >= 15 is 0 Å². The first-order valence-corrected chi connectivity index (χ1v) is 6.34. The van der Waals surface area contributed by atoms with Crippen molar-refractivity contribution in [3.8, 4) is 0 Å². The Morgan fingerprint density at radius 1 is 1.65 bits per heavy atom. The number of nitrogens with one attached hydrogen (secondary N) is 1. The van der Waals surface area contributed by atoms with Crippen LogP contribution in [0.5, 0.6) is 0 Å². The molecule has 20 heavy (non-hydrogen) atoms. The largest absolute Gasteiger partial charge is 0.382 e. The normalized spacial score (nSPS) is 19.9. The summed E-state index contributed by atoms with van der Waals surface area (Å²) in [4.78, 5) is 15.4. The van der Waals surface area contributed by atoms with Crippen LogP contribution < -0.4 is 5.32 Å². The van der Waals surface area contributed by atoms with Crippen molar-refractivity contribution in [2.45, 2.75) is 25.0 Å². The minimum Gasteiger partial charge on any atom is -0.382 e. The van der Waals surface area contributed by atoms with E-state index in [0.717, 1.165) is 19.0 Å². The van der Waals surface area contributed by atoms with E-state index in [1.54, 1.807) is 0 Å². The molecule has 0 bridgehead atoms. The molecule has 1 fully saturated rings. The van der Waals surface area contributed by atoms with Gasteiger partial charge >= 0.3 is 0 Å². The number of nitrogens with zero attached hydrogens (tertiary/aromatic N) is 1. The second-order valence-corrected chi connectivity index (χ2v) is 4.57. The van der Waals surface area contributed by atoms with Gasteiger partial charge in [-0.1, -0.05) is 0 Å². The number of ether oxygens (including phenoxy) is 2. The number of amides is 1. The van der Waals surface area contributed by atoms with Gasteiger partial charge in [0.1, 0.15) is 5.82 Å². The molecule has 2 unspecified atom stereocenters. The second-order valence-electron chi connectivity index (χ2n) is 4.57. The highest BCUT2D eigenvalue weighted by Gasteiger charge is 2.28. The van der Waals surface area contributed by atoms with Gasteiger partial charge in [-0.2, -0.15) is 0 Å². The Balaban J connectivity index is 2.07. The van der Waals surface area contributed by atoms with E-state index in [9.17, 15) is 13.6 Å². The first kappa shape index (κ1) is 14.8. The number of methoxy groups -OCH3 is 1. The molecule has 2 heterocycles. The van der Waals surface area contributed by atoms with Crippen molar-refractivity contribution in [3.05, 3.63) is 29.6 Å². The predicted octanol–water partition coefficient (Wildman–Crippen LogP) is 1.28.